The third kappa shape index (κ3) is 4.35. The second kappa shape index (κ2) is 8.33. The quantitative estimate of drug-likeness (QED) is 0.592. The van der Waals surface area contributed by atoms with Gasteiger partial charge < -0.3 is 9.64 Å². The van der Waals surface area contributed by atoms with Crippen molar-refractivity contribution in [3.63, 3.8) is 0 Å². The molecule has 0 bridgehead atoms. The Balaban J connectivity index is 1.61. The van der Waals surface area contributed by atoms with Gasteiger partial charge in [0.1, 0.15) is 5.82 Å². The summed E-state index contributed by atoms with van der Waals surface area (Å²) in [5.74, 6) is 0.786. The number of Topliss-reactive ketones (excluding diaryl/α,β-unsaturated/α-hetero) is 1. The van der Waals surface area contributed by atoms with E-state index in [-0.39, 0.29) is 17.7 Å². The minimum atomic E-state index is -0.352. The molecule has 2 heterocycles. The largest absolute Gasteiger partial charge is 0.462 e. The van der Waals surface area contributed by atoms with Crippen LogP contribution in [0.3, 0.4) is 0 Å². The Hall–Kier alpha value is -2.69. The zero-order valence-corrected chi connectivity index (χ0v) is 16.2. The lowest BCUT2D eigenvalue weighted by atomic mass is 9.87. The van der Waals surface area contributed by atoms with Gasteiger partial charge in [0.05, 0.1) is 12.2 Å². The summed E-state index contributed by atoms with van der Waals surface area (Å²) >= 11 is 0. The Morgan fingerprint density at radius 2 is 1.89 bits per heavy atom. The van der Waals surface area contributed by atoms with Gasteiger partial charge in [0.25, 0.3) is 0 Å². The molecule has 0 spiro atoms. The normalized spacial score (nSPS) is 14.9. The average Bonchev–Trinajstić information content (AvgIpc) is 2.68. The number of hydrogen-bond acceptors (Lipinski definition) is 5. The number of pyridine rings is 1. The van der Waals surface area contributed by atoms with Crippen molar-refractivity contribution < 1.29 is 14.3 Å². The van der Waals surface area contributed by atoms with Crippen molar-refractivity contribution in [2.75, 3.05) is 24.6 Å². The van der Waals surface area contributed by atoms with E-state index in [1.807, 2.05) is 32.0 Å². The maximum atomic E-state index is 12.9. The Morgan fingerprint density at radius 1 is 1.15 bits per heavy atom. The Morgan fingerprint density at radius 3 is 2.48 bits per heavy atom. The summed E-state index contributed by atoms with van der Waals surface area (Å²) in [5, 5.41) is 0. The molecule has 5 heteroatoms. The third-order valence-corrected chi connectivity index (χ3v) is 5.10. The second-order valence-corrected chi connectivity index (χ2v) is 7.07. The van der Waals surface area contributed by atoms with Crippen molar-refractivity contribution in [2.24, 2.45) is 5.92 Å². The molecule has 0 atom stereocenters. The van der Waals surface area contributed by atoms with E-state index in [1.165, 1.54) is 5.56 Å². The average molecular weight is 366 g/mol. The molecule has 5 nitrogen and oxygen atoms in total. The van der Waals surface area contributed by atoms with E-state index in [0.29, 0.717) is 12.2 Å². The van der Waals surface area contributed by atoms with Crippen molar-refractivity contribution in [1.29, 1.82) is 0 Å². The number of hydrogen-bond donors (Lipinski definition) is 0. The molecular weight excluding hydrogens is 340 g/mol. The number of ketones is 1. The van der Waals surface area contributed by atoms with Gasteiger partial charge in [-0.05, 0) is 51.3 Å². The van der Waals surface area contributed by atoms with Gasteiger partial charge in [-0.25, -0.2) is 9.78 Å². The molecule has 0 unspecified atom stereocenters. The zero-order chi connectivity index (χ0) is 19.4. The smallest absolute Gasteiger partial charge is 0.339 e. The highest BCUT2D eigenvalue weighted by Crippen LogP contribution is 2.26. The fourth-order valence-corrected chi connectivity index (χ4v) is 3.59. The maximum Gasteiger partial charge on any atom is 0.339 e. The van der Waals surface area contributed by atoms with Crippen LogP contribution in [0.4, 0.5) is 5.82 Å². The zero-order valence-electron chi connectivity index (χ0n) is 16.2. The maximum absolute atomic E-state index is 12.9. The van der Waals surface area contributed by atoms with Crippen LogP contribution >= 0.6 is 0 Å². The fraction of sp³-hybridized carbons (Fsp3) is 0.409. The summed E-state index contributed by atoms with van der Waals surface area (Å²) in [6, 6.07) is 9.61. The van der Waals surface area contributed by atoms with Gasteiger partial charge in [-0.2, -0.15) is 0 Å². The summed E-state index contributed by atoms with van der Waals surface area (Å²) in [6.45, 7) is 7.75. The fourth-order valence-electron chi connectivity index (χ4n) is 3.59. The number of esters is 1. The molecule has 1 fully saturated rings. The predicted octanol–water partition coefficient (Wildman–Crippen LogP) is 3.97. The summed E-state index contributed by atoms with van der Waals surface area (Å²) in [5.41, 5.74) is 3.53. The summed E-state index contributed by atoms with van der Waals surface area (Å²) in [7, 11) is 0. The van der Waals surface area contributed by atoms with Gasteiger partial charge in [0.15, 0.2) is 5.78 Å². The first-order valence-electron chi connectivity index (χ1n) is 9.49. The van der Waals surface area contributed by atoms with E-state index in [2.05, 4.69) is 16.0 Å². The predicted molar refractivity (Wildman–Crippen MR) is 105 cm³/mol. The lowest BCUT2D eigenvalue weighted by molar-refractivity contribution is 0.0525. The highest BCUT2D eigenvalue weighted by molar-refractivity contribution is 5.99. The molecule has 1 aliphatic heterocycles. The first-order chi connectivity index (χ1) is 13.0. The van der Waals surface area contributed by atoms with E-state index < -0.39 is 0 Å². The van der Waals surface area contributed by atoms with E-state index in [4.69, 9.17) is 4.74 Å². The van der Waals surface area contributed by atoms with Gasteiger partial charge in [-0.3, -0.25) is 4.79 Å². The summed E-state index contributed by atoms with van der Waals surface area (Å²) < 4.78 is 4.98. The van der Waals surface area contributed by atoms with Crippen molar-refractivity contribution in [2.45, 2.75) is 33.6 Å². The molecule has 3 rings (SSSR count). The van der Waals surface area contributed by atoms with Gasteiger partial charge in [-0.15, -0.1) is 0 Å². The van der Waals surface area contributed by atoms with E-state index >= 15 is 0 Å². The van der Waals surface area contributed by atoms with Gasteiger partial charge in [0, 0.05) is 30.8 Å². The molecule has 27 heavy (non-hydrogen) atoms. The molecule has 0 N–H and O–H groups in total. The lowest BCUT2D eigenvalue weighted by Crippen LogP contribution is -2.37. The number of carbonyl (C=O) groups is 2. The minimum Gasteiger partial charge on any atom is -0.462 e. The first-order valence-corrected chi connectivity index (χ1v) is 9.49. The van der Waals surface area contributed by atoms with Crippen molar-refractivity contribution in [3.05, 3.63) is 58.8 Å². The second-order valence-electron chi connectivity index (χ2n) is 7.07. The highest BCUT2D eigenvalue weighted by atomic mass is 16.5. The first kappa shape index (κ1) is 19.1. The molecule has 0 radical (unpaired) electrons. The molecule has 1 aromatic heterocycles. The summed E-state index contributed by atoms with van der Waals surface area (Å²) in [4.78, 5) is 31.2. The molecule has 0 amide bonds. The molecule has 0 aliphatic carbocycles. The Bertz CT molecular complexity index is 822. The van der Waals surface area contributed by atoms with Crippen LogP contribution in [0.25, 0.3) is 0 Å². The number of piperidine rings is 1. The number of anilines is 1. The number of nitrogens with zero attached hydrogens (tertiary/aromatic N) is 2. The molecule has 0 saturated carbocycles. The van der Waals surface area contributed by atoms with Crippen molar-refractivity contribution in [3.8, 4) is 0 Å². The van der Waals surface area contributed by atoms with Crippen LogP contribution < -0.4 is 4.90 Å². The number of carbonyl (C=O) groups excluding carboxylic acids is 2. The summed E-state index contributed by atoms with van der Waals surface area (Å²) in [6.07, 6.45) is 3.18. The van der Waals surface area contributed by atoms with Crippen molar-refractivity contribution in [1.82, 2.24) is 4.98 Å². The van der Waals surface area contributed by atoms with E-state index in [9.17, 15) is 9.59 Å². The van der Waals surface area contributed by atoms with Crippen molar-refractivity contribution >= 4 is 17.6 Å². The standard InChI is InChI=1S/C22H26N2O3/c1-4-27-22(26)18-6-8-20(23-14-18)24-11-9-17(10-12-24)21(25)19-7-5-15(2)13-16(19)3/h5-8,13-14,17H,4,9-12H2,1-3H3. The van der Waals surface area contributed by atoms with Crippen LogP contribution in [-0.2, 0) is 4.74 Å². The molecule has 2 aromatic rings. The van der Waals surface area contributed by atoms with Crippen LogP contribution in [0.5, 0.6) is 0 Å². The highest BCUT2D eigenvalue weighted by Gasteiger charge is 2.27. The van der Waals surface area contributed by atoms with Crippen LogP contribution in [-0.4, -0.2) is 36.4 Å². The molecule has 1 aromatic carbocycles. The molecular formula is C22H26N2O3. The number of aromatic nitrogens is 1. The molecule has 142 valence electrons. The number of ether oxygens (including phenoxy) is 1. The van der Waals surface area contributed by atoms with Crippen LogP contribution in [0.1, 0.15) is 51.6 Å². The topological polar surface area (TPSA) is 59.5 Å². The minimum absolute atomic E-state index is 0.0569. The lowest BCUT2D eigenvalue weighted by Gasteiger charge is -2.32. The van der Waals surface area contributed by atoms with Crippen LogP contribution in [0.2, 0.25) is 0 Å². The monoisotopic (exact) mass is 366 g/mol. The van der Waals surface area contributed by atoms with Crippen LogP contribution in [0, 0.1) is 19.8 Å². The molecule has 1 aliphatic rings. The number of benzene rings is 1. The third-order valence-electron chi connectivity index (χ3n) is 5.10. The van der Waals surface area contributed by atoms with Gasteiger partial charge in [0.2, 0.25) is 0 Å². The van der Waals surface area contributed by atoms with Gasteiger partial charge >= 0.3 is 5.97 Å². The Kier molecular flexibility index (Phi) is 5.89. The number of aryl methyl sites for hydroxylation is 2. The SMILES string of the molecule is CCOC(=O)c1ccc(N2CCC(C(=O)c3ccc(C)cc3C)CC2)nc1. The Labute approximate surface area is 160 Å². The van der Waals surface area contributed by atoms with E-state index in [0.717, 1.165) is 42.9 Å². The number of rotatable bonds is 5. The van der Waals surface area contributed by atoms with Gasteiger partial charge in [-0.1, -0.05) is 23.8 Å². The van der Waals surface area contributed by atoms with Crippen LogP contribution in [0.15, 0.2) is 36.5 Å². The van der Waals surface area contributed by atoms with E-state index in [1.54, 1.807) is 19.2 Å². The molecule has 1 saturated heterocycles.